The van der Waals surface area contributed by atoms with Gasteiger partial charge < -0.3 is 22.8 Å². The van der Waals surface area contributed by atoms with E-state index in [1.165, 1.54) is 12.1 Å². The summed E-state index contributed by atoms with van der Waals surface area (Å²) in [5.74, 6) is 0. The van der Waals surface area contributed by atoms with Gasteiger partial charge in [0, 0.05) is 20.6 Å². The van der Waals surface area contributed by atoms with Crippen LogP contribution in [0.15, 0.2) is 72.8 Å². The van der Waals surface area contributed by atoms with Gasteiger partial charge in [-0.2, -0.15) is 10.5 Å². The number of nitrogens with two attached hydrogens (primary N) is 1. The SMILES string of the molecule is N#CCc1ccc(Cl)cc1.O=CO[O-].[2H]C([2H])(C#N)c1ccc(Cl)cc1.[2H]C([2H])(CN)c1ccc(Cl)cc1.[2H]O[2H].[H-].[K+].[K+]. The third-order valence-electron chi connectivity index (χ3n) is 3.43. The van der Waals surface area contributed by atoms with E-state index in [-0.39, 0.29) is 117 Å². The minimum Gasteiger partial charge on any atom is -1.00 e. The molecule has 0 aliphatic rings. The van der Waals surface area contributed by atoms with Crippen LogP contribution in [0.25, 0.3) is 0 Å². The van der Waals surface area contributed by atoms with Gasteiger partial charge in [-0.15, -0.1) is 0 Å². The van der Waals surface area contributed by atoms with E-state index < -0.39 is 12.7 Å². The van der Waals surface area contributed by atoms with Crippen molar-refractivity contribution in [2.24, 2.45) is 5.73 Å². The van der Waals surface area contributed by atoms with E-state index in [0.29, 0.717) is 32.6 Å². The molecule has 0 aliphatic carbocycles. The molecule has 0 aliphatic heterocycles. The summed E-state index contributed by atoms with van der Waals surface area (Å²) in [5.41, 5.74) is 9.92. The smallest absolute Gasteiger partial charge is 1.00 e. The maximum Gasteiger partial charge on any atom is 1.00 e. The molecule has 4 N–H and O–H groups in total. The molecule has 0 radical (unpaired) electrons. The number of hydrogen-bond acceptors (Lipinski definition) is 6. The molecule has 0 amide bonds. The zero-order chi connectivity index (χ0) is 31.9. The van der Waals surface area contributed by atoms with E-state index in [4.69, 9.17) is 69.5 Å². The summed E-state index contributed by atoms with van der Waals surface area (Å²) in [6.45, 7) is -0.200. The second-order valence-corrected chi connectivity index (χ2v) is 7.09. The molecular weight excluding hydrogens is 591 g/mol. The quantitative estimate of drug-likeness (QED) is 0.156. The van der Waals surface area contributed by atoms with Crippen LogP contribution in [0.4, 0.5) is 0 Å². The van der Waals surface area contributed by atoms with E-state index >= 15 is 0 Å². The van der Waals surface area contributed by atoms with Crippen molar-refractivity contribution in [1.29, 1.82) is 13.4 Å². The molecule has 0 unspecified atom stereocenters. The second kappa shape index (κ2) is 30.7. The molecule has 12 heteroatoms. The average molecular weight is 623 g/mol. The van der Waals surface area contributed by atoms with Crippen molar-refractivity contribution in [3.8, 4) is 12.1 Å². The first-order valence-corrected chi connectivity index (χ1v) is 10.5. The molecule has 0 saturated heterocycles. The Morgan fingerprint density at radius 2 is 1.24 bits per heavy atom. The molecule has 37 heavy (non-hydrogen) atoms. The molecule has 3 rings (SSSR count). The molecular formula is C25H26Cl3K2N3O4. The number of carbonyl (C=O) groups is 1. The second-order valence-electron chi connectivity index (χ2n) is 5.79. The zero-order valence-corrected chi connectivity index (χ0v) is 28.7. The van der Waals surface area contributed by atoms with E-state index in [1.807, 2.05) is 12.1 Å². The summed E-state index contributed by atoms with van der Waals surface area (Å²) in [5, 5.41) is 27.0. The third kappa shape index (κ3) is 26.1. The van der Waals surface area contributed by atoms with E-state index in [1.54, 1.807) is 54.6 Å². The molecule has 188 valence electrons. The van der Waals surface area contributed by atoms with Crippen molar-refractivity contribution in [2.75, 3.05) is 6.54 Å². The number of halogens is 3. The maximum absolute atomic E-state index is 8.64. The van der Waals surface area contributed by atoms with Gasteiger partial charge in [-0.3, -0.25) is 4.79 Å². The van der Waals surface area contributed by atoms with Crippen LogP contribution in [0.3, 0.4) is 0 Å². The maximum atomic E-state index is 8.64. The van der Waals surface area contributed by atoms with Crippen LogP contribution in [0.1, 0.15) is 23.6 Å². The monoisotopic (exact) mass is 621 g/mol. The van der Waals surface area contributed by atoms with Gasteiger partial charge in [-0.1, -0.05) is 71.2 Å². The van der Waals surface area contributed by atoms with Gasteiger partial charge in [0.1, 0.15) is 0 Å². The van der Waals surface area contributed by atoms with Gasteiger partial charge in [0.15, 0.2) is 0 Å². The van der Waals surface area contributed by atoms with E-state index in [2.05, 4.69) is 16.4 Å². The number of nitrogens with zero attached hydrogens (tertiary/aromatic N) is 2. The average Bonchev–Trinajstić information content (AvgIpc) is 2.96. The van der Waals surface area contributed by atoms with Crippen molar-refractivity contribution in [3.63, 3.8) is 0 Å². The minimum atomic E-state index is -1.93. The first-order chi connectivity index (χ1) is 19.3. The topological polar surface area (TPSA) is 154 Å². The molecule has 0 heterocycles. The van der Waals surface area contributed by atoms with Crippen LogP contribution in [-0.2, 0) is 28.8 Å². The number of nitriles is 2. The molecule has 0 fully saturated rings. The summed E-state index contributed by atoms with van der Waals surface area (Å²) >= 11 is 16.9. The zero-order valence-electron chi connectivity index (χ0n) is 27.2. The Morgan fingerprint density at radius 1 is 0.892 bits per heavy atom. The van der Waals surface area contributed by atoms with Crippen molar-refractivity contribution in [1.82, 2.24) is 0 Å². The fourth-order valence-electron chi connectivity index (χ4n) is 1.98. The van der Waals surface area contributed by atoms with Gasteiger partial charge in [0.05, 0.1) is 24.9 Å². The molecule has 3 aromatic rings. The normalized spacial score (nSPS) is 10.9. The van der Waals surface area contributed by atoms with Gasteiger partial charge in [-0.05, 0) is 66.0 Å². The summed E-state index contributed by atoms with van der Waals surface area (Å²) < 4.78 is 40.2. The first kappa shape index (κ1) is 31.7. The Kier molecular flexibility index (Phi) is 26.2. The van der Waals surface area contributed by atoms with E-state index in [9.17, 15) is 0 Å². The Balaban J connectivity index is -0.000000152. The number of hydrogen-bond donors (Lipinski definition) is 1. The van der Waals surface area contributed by atoms with Crippen LogP contribution in [0, 0.1) is 22.7 Å². The van der Waals surface area contributed by atoms with E-state index in [0.717, 1.165) is 5.56 Å². The first-order valence-electron chi connectivity index (χ1n) is 12.2. The van der Waals surface area contributed by atoms with Crippen molar-refractivity contribution < 1.29 is 130 Å². The van der Waals surface area contributed by atoms with Gasteiger partial charge >= 0.3 is 103 Å². The minimum absolute atomic E-state index is 0. The van der Waals surface area contributed by atoms with Gasteiger partial charge in [-0.25, -0.2) is 0 Å². The standard InChI is InChI=1S/C8H10ClN.2C8H6ClN.CH2O3.2K.H2O.H/c3*9-8-3-1-7(2-4-8)5-6-10;2-1-4-3;;;;/h1-4H,5-6,10H2;2*1-4H,5H2;1,3H;;;1H2;/q;;;;2*+1;;-1/p-1/i2*5D2;;;;;;/hD2. The number of carbonyl (C=O) groups excluding carboxylic acids is 1. The number of rotatable bonds is 5. The largest absolute Gasteiger partial charge is 1.00 e. The Hall–Kier alpha value is 0.133. The number of benzene rings is 3. The van der Waals surface area contributed by atoms with Crippen LogP contribution < -0.4 is 114 Å². The van der Waals surface area contributed by atoms with Crippen LogP contribution in [0.5, 0.6) is 0 Å². The van der Waals surface area contributed by atoms with Crippen molar-refractivity contribution >= 4 is 41.3 Å². The van der Waals surface area contributed by atoms with Crippen molar-refractivity contribution in [3.05, 3.63) is 105 Å². The van der Waals surface area contributed by atoms with Crippen LogP contribution >= 0.6 is 34.8 Å². The van der Waals surface area contributed by atoms with Crippen molar-refractivity contribution in [2.45, 2.75) is 19.2 Å². The molecule has 0 spiro atoms. The summed E-state index contributed by atoms with van der Waals surface area (Å²) in [4.78, 5) is 11.2. The summed E-state index contributed by atoms with van der Waals surface area (Å²) in [6.07, 6.45) is -2.92. The molecule has 0 bridgehead atoms. The Morgan fingerprint density at radius 3 is 1.54 bits per heavy atom. The molecule has 3 aromatic carbocycles. The Labute approximate surface area is 328 Å². The van der Waals surface area contributed by atoms with Crippen LogP contribution in [0.2, 0.25) is 15.1 Å². The predicted octanol–water partition coefficient (Wildman–Crippen LogP) is -1.62. The fraction of sp³-hybridized carbons (Fsp3) is 0.160. The Bertz CT molecular complexity index is 1220. The molecule has 0 saturated carbocycles. The van der Waals surface area contributed by atoms with Crippen LogP contribution in [-0.4, -0.2) is 21.4 Å². The fourth-order valence-corrected chi connectivity index (χ4v) is 2.35. The summed E-state index contributed by atoms with van der Waals surface area (Å²) in [6, 6.07) is 23.6. The van der Waals surface area contributed by atoms with Gasteiger partial charge in [0.25, 0.3) is 6.47 Å². The predicted molar refractivity (Wildman–Crippen MR) is 138 cm³/mol. The molecule has 0 atom stereocenters. The van der Waals surface area contributed by atoms with Gasteiger partial charge in [0.2, 0.25) is 2.86 Å². The summed E-state index contributed by atoms with van der Waals surface area (Å²) in [7, 11) is 0. The molecule has 7 nitrogen and oxygen atoms in total. The third-order valence-corrected chi connectivity index (χ3v) is 4.19. The molecule has 0 aromatic heterocycles.